The summed E-state index contributed by atoms with van der Waals surface area (Å²) in [7, 11) is 0. The maximum atomic E-state index is 12.6. The number of amides is 1. The molecule has 7 nitrogen and oxygen atoms in total. The summed E-state index contributed by atoms with van der Waals surface area (Å²) in [6.45, 7) is 2.06. The van der Waals surface area contributed by atoms with Crippen molar-refractivity contribution in [3.63, 3.8) is 0 Å². The average Bonchev–Trinajstić information content (AvgIpc) is 3.15. The topological polar surface area (TPSA) is 75.4 Å². The Bertz CT molecular complexity index is 909. The SMILES string of the molecule is O=C(NCc1ccc(Cl)cc1)[C@H]1CCCN(c2ccc3nncn3n2)C1. The molecule has 1 fully saturated rings. The van der Waals surface area contributed by atoms with Gasteiger partial charge < -0.3 is 10.2 Å². The lowest BCUT2D eigenvalue weighted by atomic mass is 9.97. The molecule has 8 heteroatoms. The van der Waals surface area contributed by atoms with Crippen molar-refractivity contribution >= 4 is 29.0 Å². The van der Waals surface area contributed by atoms with Gasteiger partial charge in [-0.25, -0.2) is 0 Å². The number of piperidine rings is 1. The minimum Gasteiger partial charge on any atom is -0.354 e. The van der Waals surface area contributed by atoms with Crippen LogP contribution in [0.1, 0.15) is 18.4 Å². The normalized spacial score (nSPS) is 17.4. The summed E-state index contributed by atoms with van der Waals surface area (Å²) in [6, 6.07) is 11.3. The minimum atomic E-state index is -0.0468. The van der Waals surface area contributed by atoms with E-state index in [9.17, 15) is 4.79 Å². The number of hydrogen-bond donors (Lipinski definition) is 1. The summed E-state index contributed by atoms with van der Waals surface area (Å²) in [5.41, 5.74) is 1.75. The molecule has 1 aromatic carbocycles. The van der Waals surface area contributed by atoms with Gasteiger partial charge in [-0.15, -0.1) is 15.3 Å². The van der Waals surface area contributed by atoms with Gasteiger partial charge in [0.15, 0.2) is 5.65 Å². The van der Waals surface area contributed by atoms with Gasteiger partial charge in [0.1, 0.15) is 12.1 Å². The number of rotatable bonds is 4. The highest BCUT2D eigenvalue weighted by Gasteiger charge is 2.26. The third-order valence-electron chi connectivity index (χ3n) is 4.64. The number of nitrogens with one attached hydrogen (secondary N) is 1. The first-order valence-electron chi connectivity index (χ1n) is 8.63. The van der Waals surface area contributed by atoms with E-state index >= 15 is 0 Å². The molecule has 1 saturated heterocycles. The van der Waals surface area contributed by atoms with Crippen LogP contribution in [0.15, 0.2) is 42.7 Å². The van der Waals surface area contributed by atoms with Gasteiger partial charge in [0, 0.05) is 24.7 Å². The summed E-state index contributed by atoms with van der Waals surface area (Å²) < 4.78 is 1.65. The van der Waals surface area contributed by atoms with Crippen molar-refractivity contribution in [1.29, 1.82) is 0 Å². The van der Waals surface area contributed by atoms with Crippen molar-refractivity contribution in [2.24, 2.45) is 5.92 Å². The first kappa shape index (κ1) is 16.8. The summed E-state index contributed by atoms with van der Waals surface area (Å²) in [6.07, 6.45) is 3.43. The first-order chi connectivity index (χ1) is 12.7. The number of carbonyl (C=O) groups excluding carboxylic acids is 1. The number of benzene rings is 1. The Labute approximate surface area is 156 Å². The van der Waals surface area contributed by atoms with Gasteiger partial charge in [-0.05, 0) is 42.7 Å². The van der Waals surface area contributed by atoms with E-state index in [1.54, 1.807) is 10.8 Å². The molecule has 1 N–H and O–H groups in total. The van der Waals surface area contributed by atoms with Crippen LogP contribution in [0.3, 0.4) is 0 Å². The largest absolute Gasteiger partial charge is 0.354 e. The molecule has 1 atom stereocenters. The fraction of sp³-hybridized carbons (Fsp3) is 0.333. The van der Waals surface area contributed by atoms with E-state index in [-0.39, 0.29) is 11.8 Å². The van der Waals surface area contributed by atoms with Gasteiger partial charge in [0.25, 0.3) is 0 Å². The Hall–Kier alpha value is -2.67. The average molecular weight is 371 g/mol. The summed E-state index contributed by atoms with van der Waals surface area (Å²) in [5.74, 6) is 0.872. The van der Waals surface area contributed by atoms with Crippen molar-refractivity contribution in [2.75, 3.05) is 18.0 Å². The summed E-state index contributed by atoms with van der Waals surface area (Å²) in [4.78, 5) is 14.7. The Kier molecular flexibility index (Phi) is 4.71. The van der Waals surface area contributed by atoms with Crippen LogP contribution in [0.4, 0.5) is 5.82 Å². The maximum Gasteiger partial charge on any atom is 0.225 e. The Balaban J connectivity index is 1.39. The lowest BCUT2D eigenvalue weighted by Crippen LogP contribution is -2.43. The third-order valence-corrected chi connectivity index (χ3v) is 4.90. The number of fused-ring (bicyclic) bond motifs is 1. The predicted molar refractivity (Wildman–Crippen MR) is 99.0 cm³/mol. The van der Waals surface area contributed by atoms with E-state index in [2.05, 4.69) is 25.5 Å². The maximum absolute atomic E-state index is 12.6. The number of nitrogens with zero attached hydrogens (tertiary/aromatic N) is 5. The number of halogens is 1. The van der Waals surface area contributed by atoms with Crippen LogP contribution >= 0.6 is 11.6 Å². The second-order valence-corrected chi connectivity index (χ2v) is 6.89. The predicted octanol–water partition coefficient (Wildman–Crippen LogP) is 2.31. The van der Waals surface area contributed by atoms with E-state index in [1.165, 1.54) is 0 Å². The number of anilines is 1. The smallest absolute Gasteiger partial charge is 0.225 e. The van der Waals surface area contributed by atoms with Crippen LogP contribution in [0.2, 0.25) is 5.02 Å². The molecule has 0 radical (unpaired) electrons. The molecular weight excluding hydrogens is 352 g/mol. The molecular formula is C18H19ClN6O. The summed E-state index contributed by atoms with van der Waals surface area (Å²) >= 11 is 5.89. The molecule has 2 aromatic heterocycles. The molecule has 0 saturated carbocycles. The van der Waals surface area contributed by atoms with Crippen LogP contribution in [0.25, 0.3) is 5.65 Å². The minimum absolute atomic E-state index is 0.0468. The Morgan fingerprint density at radius 3 is 2.92 bits per heavy atom. The van der Waals surface area contributed by atoms with Crippen molar-refractivity contribution in [3.05, 3.63) is 53.3 Å². The highest BCUT2D eigenvalue weighted by atomic mass is 35.5. The first-order valence-corrected chi connectivity index (χ1v) is 9.01. The summed E-state index contributed by atoms with van der Waals surface area (Å²) in [5, 5.41) is 16.1. The monoisotopic (exact) mass is 370 g/mol. The zero-order valence-corrected chi connectivity index (χ0v) is 14.9. The highest BCUT2D eigenvalue weighted by Crippen LogP contribution is 2.22. The standard InChI is InChI=1S/C18H19ClN6O/c19-15-5-3-13(4-6-15)10-20-18(26)14-2-1-9-24(11-14)17-8-7-16-22-21-12-25(16)23-17/h3-8,12,14H,1-2,9-11H2,(H,20,26)/t14-/m0/s1. The lowest BCUT2D eigenvalue weighted by Gasteiger charge is -2.32. The van der Waals surface area contributed by atoms with Crippen LogP contribution < -0.4 is 10.2 Å². The van der Waals surface area contributed by atoms with E-state index < -0.39 is 0 Å². The molecule has 3 heterocycles. The zero-order valence-electron chi connectivity index (χ0n) is 14.2. The molecule has 4 rings (SSSR count). The van der Waals surface area contributed by atoms with Gasteiger partial charge in [-0.1, -0.05) is 23.7 Å². The molecule has 3 aromatic rings. The molecule has 134 valence electrons. The number of aromatic nitrogens is 4. The van der Waals surface area contributed by atoms with Crippen molar-refractivity contribution < 1.29 is 4.79 Å². The van der Waals surface area contributed by atoms with Gasteiger partial charge in [-0.3, -0.25) is 4.79 Å². The molecule has 0 spiro atoms. The zero-order chi connectivity index (χ0) is 17.9. The van der Waals surface area contributed by atoms with Crippen LogP contribution in [0.5, 0.6) is 0 Å². The molecule has 1 aliphatic heterocycles. The number of hydrogen-bond acceptors (Lipinski definition) is 5. The molecule has 0 bridgehead atoms. The highest BCUT2D eigenvalue weighted by molar-refractivity contribution is 6.30. The van der Waals surface area contributed by atoms with Crippen molar-refractivity contribution in [1.82, 2.24) is 25.1 Å². The molecule has 1 amide bonds. The van der Waals surface area contributed by atoms with E-state index in [0.29, 0.717) is 23.8 Å². The fourth-order valence-electron chi connectivity index (χ4n) is 3.22. The van der Waals surface area contributed by atoms with Gasteiger partial charge in [0.05, 0.1) is 5.92 Å². The van der Waals surface area contributed by atoms with E-state index in [1.807, 2.05) is 36.4 Å². The van der Waals surface area contributed by atoms with Crippen molar-refractivity contribution in [3.8, 4) is 0 Å². The quantitative estimate of drug-likeness (QED) is 0.762. The second-order valence-electron chi connectivity index (χ2n) is 6.45. The Morgan fingerprint density at radius 1 is 1.23 bits per heavy atom. The fourth-order valence-corrected chi connectivity index (χ4v) is 3.35. The van der Waals surface area contributed by atoms with Crippen molar-refractivity contribution in [2.45, 2.75) is 19.4 Å². The van der Waals surface area contributed by atoms with Gasteiger partial charge >= 0.3 is 0 Å². The van der Waals surface area contributed by atoms with Crippen LogP contribution in [-0.4, -0.2) is 38.8 Å². The Morgan fingerprint density at radius 2 is 2.08 bits per heavy atom. The van der Waals surface area contributed by atoms with Gasteiger partial charge in [-0.2, -0.15) is 4.52 Å². The third kappa shape index (κ3) is 3.62. The second kappa shape index (κ2) is 7.29. The van der Waals surface area contributed by atoms with Crippen LogP contribution in [-0.2, 0) is 11.3 Å². The van der Waals surface area contributed by atoms with E-state index in [0.717, 1.165) is 30.8 Å². The molecule has 1 aliphatic rings. The molecule has 0 aliphatic carbocycles. The number of carbonyl (C=O) groups is 1. The van der Waals surface area contributed by atoms with Gasteiger partial charge in [0.2, 0.25) is 5.91 Å². The van der Waals surface area contributed by atoms with Crippen LogP contribution in [0, 0.1) is 5.92 Å². The van der Waals surface area contributed by atoms with E-state index in [4.69, 9.17) is 11.6 Å². The molecule has 0 unspecified atom stereocenters. The lowest BCUT2D eigenvalue weighted by molar-refractivity contribution is -0.125. The molecule has 26 heavy (non-hydrogen) atoms.